The molecule has 1 atom stereocenters. The van der Waals surface area contributed by atoms with Crippen molar-refractivity contribution < 1.29 is 24.0 Å². The van der Waals surface area contributed by atoms with Crippen LogP contribution in [0, 0.1) is 11.3 Å². The van der Waals surface area contributed by atoms with E-state index >= 15 is 0 Å². The summed E-state index contributed by atoms with van der Waals surface area (Å²) in [7, 11) is 1.61. The number of aromatic nitrogens is 1. The van der Waals surface area contributed by atoms with E-state index < -0.39 is 11.4 Å². The lowest BCUT2D eigenvalue weighted by Gasteiger charge is -2.40. The largest absolute Gasteiger partial charge is 0.497 e. The van der Waals surface area contributed by atoms with Gasteiger partial charge in [-0.2, -0.15) is 0 Å². The highest BCUT2D eigenvalue weighted by Gasteiger charge is 2.45. The van der Waals surface area contributed by atoms with Gasteiger partial charge in [0.1, 0.15) is 17.2 Å². The Bertz CT molecular complexity index is 901. The fourth-order valence-corrected chi connectivity index (χ4v) is 4.77. The number of rotatable bonds is 6. The molecule has 0 radical (unpaired) electrons. The second kappa shape index (κ2) is 8.50. The normalized spacial score (nSPS) is 22.2. The summed E-state index contributed by atoms with van der Waals surface area (Å²) in [5, 5.41) is 14.2. The molecule has 4 rings (SSSR count). The zero-order valence-corrected chi connectivity index (χ0v) is 17.3. The minimum atomic E-state index is -1.04. The van der Waals surface area contributed by atoms with Crippen LogP contribution in [0.3, 0.4) is 0 Å². The summed E-state index contributed by atoms with van der Waals surface area (Å²) in [5.74, 6) is 0.574. The number of nitrogens with zero attached hydrogens (tertiary/aromatic N) is 2. The van der Waals surface area contributed by atoms with Crippen molar-refractivity contribution in [3.8, 4) is 17.0 Å². The molecule has 2 aromatic rings. The van der Waals surface area contributed by atoms with Gasteiger partial charge < -0.3 is 19.3 Å². The van der Waals surface area contributed by atoms with Crippen LogP contribution >= 0.6 is 0 Å². The summed E-state index contributed by atoms with van der Waals surface area (Å²) in [5.41, 5.74) is 0.489. The summed E-state index contributed by atoms with van der Waals surface area (Å²) in [6, 6.07) is 9.25. The van der Waals surface area contributed by atoms with E-state index in [1.54, 1.807) is 18.1 Å². The number of benzene rings is 1. The first-order chi connectivity index (χ1) is 14.5. The zero-order valence-electron chi connectivity index (χ0n) is 17.3. The van der Waals surface area contributed by atoms with Crippen LogP contribution in [0.5, 0.6) is 5.75 Å². The minimum absolute atomic E-state index is 0.0570. The van der Waals surface area contributed by atoms with Crippen molar-refractivity contribution in [3.63, 3.8) is 0 Å². The number of ether oxygens (including phenoxy) is 1. The Balaban J connectivity index is 1.51. The monoisotopic (exact) mass is 412 g/mol. The maximum atomic E-state index is 12.9. The van der Waals surface area contributed by atoms with Crippen molar-refractivity contribution in [2.45, 2.75) is 44.9 Å². The topological polar surface area (TPSA) is 92.9 Å². The first-order valence-corrected chi connectivity index (χ1v) is 10.6. The summed E-state index contributed by atoms with van der Waals surface area (Å²) < 4.78 is 10.7. The maximum Gasteiger partial charge on any atom is 0.311 e. The van der Waals surface area contributed by atoms with Crippen LogP contribution < -0.4 is 4.74 Å². The van der Waals surface area contributed by atoms with E-state index in [4.69, 9.17) is 9.26 Å². The number of aliphatic carboxylic acids is 1. The number of piperidine rings is 1. The Labute approximate surface area is 176 Å². The lowest BCUT2D eigenvalue weighted by Crippen LogP contribution is -2.52. The highest BCUT2D eigenvalue weighted by molar-refractivity contribution is 5.81. The molecule has 0 spiro atoms. The lowest BCUT2D eigenvalue weighted by molar-refractivity contribution is -0.156. The Morgan fingerprint density at radius 1 is 1.23 bits per heavy atom. The van der Waals surface area contributed by atoms with Crippen molar-refractivity contribution in [2.24, 2.45) is 11.3 Å². The van der Waals surface area contributed by atoms with Gasteiger partial charge in [0.15, 0.2) is 0 Å². The van der Waals surface area contributed by atoms with E-state index in [2.05, 4.69) is 5.16 Å². The second-order valence-corrected chi connectivity index (χ2v) is 8.51. The van der Waals surface area contributed by atoms with Gasteiger partial charge in [0, 0.05) is 37.1 Å². The van der Waals surface area contributed by atoms with E-state index in [1.807, 2.05) is 24.3 Å². The second-order valence-electron chi connectivity index (χ2n) is 8.51. The van der Waals surface area contributed by atoms with Crippen LogP contribution in [-0.2, 0) is 16.0 Å². The van der Waals surface area contributed by atoms with Gasteiger partial charge in [-0.05, 0) is 49.9 Å². The fourth-order valence-electron chi connectivity index (χ4n) is 4.77. The number of hydrogen-bond acceptors (Lipinski definition) is 5. The van der Waals surface area contributed by atoms with Gasteiger partial charge in [0.25, 0.3) is 0 Å². The highest BCUT2D eigenvalue weighted by Crippen LogP contribution is 2.37. The summed E-state index contributed by atoms with van der Waals surface area (Å²) in [6.07, 6.45) is 5.44. The number of carboxylic acid groups (broad SMARTS) is 1. The van der Waals surface area contributed by atoms with E-state index in [0.717, 1.165) is 37.0 Å². The molecule has 1 aliphatic carbocycles. The van der Waals surface area contributed by atoms with Crippen LogP contribution in [0.25, 0.3) is 11.3 Å². The molecule has 160 valence electrons. The van der Waals surface area contributed by atoms with Gasteiger partial charge in [-0.3, -0.25) is 9.59 Å². The standard InChI is InChI=1S/C23H28N2O5/c1-29-18-9-7-16(8-10-18)20-13-19(30-24-20)14-23(22(27)28)11-4-12-25(15-23)21(26)17-5-2-3-6-17/h7-10,13,17H,2-6,11-12,14-15H2,1H3,(H,27,28). The SMILES string of the molecule is COc1ccc(-c2cc(CC3(C(=O)O)CCCN(C(=O)C4CCCC4)C3)on2)cc1. The van der Waals surface area contributed by atoms with Crippen LogP contribution in [0.15, 0.2) is 34.9 Å². The summed E-state index contributed by atoms with van der Waals surface area (Å²) in [6.45, 7) is 0.869. The van der Waals surface area contributed by atoms with E-state index in [1.165, 1.54) is 0 Å². The third-order valence-corrected chi connectivity index (χ3v) is 6.50. The lowest BCUT2D eigenvalue weighted by atomic mass is 9.76. The third-order valence-electron chi connectivity index (χ3n) is 6.50. The van der Waals surface area contributed by atoms with Crippen molar-refractivity contribution >= 4 is 11.9 Å². The van der Waals surface area contributed by atoms with E-state index in [0.29, 0.717) is 30.8 Å². The molecule has 1 aromatic carbocycles. The number of hydrogen-bond donors (Lipinski definition) is 1. The Kier molecular flexibility index (Phi) is 5.79. The van der Waals surface area contributed by atoms with Crippen molar-refractivity contribution in [2.75, 3.05) is 20.2 Å². The Morgan fingerprint density at radius 3 is 2.63 bits per heavy atom. The first kappa shape index (κ1) is 20.4. The molecule has 1 N–H and O–H groups in total. The fraction of sp³-hybridized carbons (Fsp3) is 0.522. The predicted molar refractivity (Wildman–Crippen MR) is 110 cm³/mol. The van der Waals surface area contributed by atoms with Crippen LogP contribution in [-0.4, -0.2) is 47.2 Å². The molecule has 7 nitrogen and oxygen atoms in total. The van der Waals surface area contributed by atoms with Gasteiger partial charge in [-0.25, -0.2) is 0 Å². The molecule has 2 fully saturated rings. The molecule has 1 amide bonds. The smallest absolute Gasteiger partial charge is 0.311 e. The van der Waals surface area contributed by atoms with Gasteiger partial charge >= 0.3 is 5.97 Å². The first-order valence-electron chi connectivity index (χ1n) is 10.6. The number of methoxy groups -OCH3 is 1. The molecule has 1 saturated heterocycles. The zero-order chi connectivity index (χ0) is 21.1. The third kappa shape index (κ3) is 4.06. The molecule has 1 unspecified atom stereocenters. The average molecular weight is 412 g/mol. The van der Waals surface area contributed by atoms with Crippen molar-refractivity contribution in [1.82, 2.24) is 10.1 Å². The maximum absolute atomic E-state index is 12.9. The number of carbonyl (C=O) groups is 2. The molecule has 1 aromatic heterocycles. The molecular formula is C23H28N2O5. The Morgan fingerprint density at radius 2 is 1.97 bits per heavy atom. The van der Waals surface area contributed by atoms with Gasteiger partial charge in [0.05, 0.1) is 12.5 Å². The van der Waals surface area contributed by atoms with Crippen LogP contribution in [0.1, 0.15) is 44.3 Å². The summed E-state index contributed by atoms with van der Waals surface area (Å²) in [4.78, 5) is 27.0. The summed E-state index contributed by atoms with van der Waals surface area (Å²) >= 11 is 0. The quantitative estimate of drug-likeness (QED) is 0.776. The van der Waals surface area contributed by atoms with Crippen molar-refractivity contribution in [1.29, 1.82) is 0 Å². The minimum Gasteiger partial charge on any atom is -0.497 e. The number of carbonyl (C=O) groups excluding carboxylic acids is 1. The Hall–Kier alpha value is -2.83. The molecule has 30 heavy (non-hydrogen) atoms. The van der Waals surface area contributed by atoms with Crippen LogP contribution in [0.2, 0.25) is 0 Å². The number of carboxylic acids is 1. The van der Waals surface area contributed by atoms with Gasteiger partial charge in [-0.1, -0.05) is 18.0 Å². The predicted octanol–water partition coefficient (Wildman–Crippen LogP) is 3.78. The highest BCUT2D eigenvalue weighted by atomic mass is 16.5. The molecule has 2 heterocycles. The number of amides is 1. The van der Waals surface area contributed by atoms with E-state index in [-0.39, 0.29) is 24.8 Å². The van der Waals surface area contributed by atoms with E-state index in [9.17, 15) is 14.7 Å². The molecule has 2 aliphatic rings. The molecule has 0 bridgehead atoms. The van der Waals surface area contributed by atoms with Gasteiger partial charge in [-0.15, -0.1) is 0 Å². The molecule has 7 heteroatoms. The number of likely N-dealkylation sites (tertiary alicyclic amines) is 1. The molecular weight excluding hydrogens is 384 g/mol. The molecule has 1 aliphatic heterocycles. The average Bonchev–Trinajstić information content (AvgIpc) is 3.46. The van der Waals surface area contributed by atoms with Crippen LogP contribution in [0.4, 0.5) is 0 Å². The van der Waals surface area contributed by atoms with Gasteiger partial charge in [0.2, 0.25) is 5.91 Å². The van der Waals surface area contributed by atoms with Crippen molar-refractivity contribution in [3.05, 3.63) is 36.1 Å². The molecule has 1 saturated carbocycles.